The van der Waals surface area contributed by atoms with E-state index in [9.17, 15) is 8.78 Å². The van der Waals surface area contributed by atoms with Gasteiger partial charge in [-0.3, -0.25) is 0 Å². The molecular formula is C11H13F2N. The average molecular weight is 197 g/mol. The molecule has 0 aromatic heterocycles. The molecule has 0 spiro atoms. The van der Waals surface area contributed by atoms with Gasteiger partial charge in [0.2, 0.25) is 0 Å². The van der Waals surface area contributed by atoms with Crippen LogP contribution in [0.4, 0.5) is 14.5 Å². The third-order valence-electron chi connectivity index (χ3n) is 2.60. The quantitative estimate of drug-likeness (QED) is 0.669. The molecule has 0 amide bonds. The van der Waals surface area contributed by atoms with E-state index in [2.05, 4.69) is 0 Å². The first-order valence-electron chi connectivity index (χ1n) is 4.90. The molecule has 1 aliphatic rings. The highest BCUT2D eigenvalue weighted by molar-refractivity contribution is 5.46. The molecule has 1 saturated heterocycles. The summed E-state index contributed by atoms with van der Waals surface area (Å²) in [5.74, 6) is -0.232. The summed E-state index contributed by atoms with van der Waals surface area (Å²) in [5, 5.41) is 0. The Morgan fingerprint density at radius 2 is 1.93 bits per heavy atom. The Bertz CT molecular complexity index is 306. The monoisotopic (exact) mass is 197 g/mol. The van der Waals surface area contributed by atoms with Gasteiger partial charge in [0, 0.05) is 18.8 Å². The van der Waals surface area contributed by atoms with Crippen molar-refractivity contribution in [3.8, 4) is 0 Å². The number of halogens is 2. The van der Waals surface area contributed by atoms with Gasteiger partial charge in [-0.05, 0) is 31.0 Å². The molecule has 0 N–H and O–H groups in total. The highest BCUT2D eigenvalue weighted by Gasteiger charge is 2.18. The molecule has 0 bridgehead atoms. The van der Waals surface area contributed by atoms with Gasteiger partial charge in [-0.25, -0.2) is 8.78 Å². The molecule has 0 aliphatic carbocycles. The van der Waals surface area contributed by atoms with Crippen LogP contribution in [0.25, 0.3) is 0 Å². The number of nitrogens with zero attached hydrogens (tertiary/aromatic N) is 1. The molecule has 3 heteroatoms. The molecule has 0 atom stereocenters. The van der Waals surface area contributed by atoms with Crippen molar-refractivity contribution in [3.63, 3.8) is 0 Å². The fourth-order valence-corrected chi connectivity index (χ4v) is 1.78. The molecule has 1 aliphatic heterocycles. The van der Waals surface area contributed by atoms with Crippen molar-refractivity contribution in [2.45, 2.75) is 19.0 Å². The number of anilines is 1. The Balaban J connectivity index is 2.08. The van der Waals surface area contributed by atoms with E-state index in [1.54, 1.807) is 6.07 Å². The first-order valence-corrected chi connectivity index (χ1v) is 4.90. The third-order valence-corrected chi connectivity index (χ3v) is 2.60. The van der Waals surface area contributed by atoms with Crippen LogP contribution in [-0.2, 0) is 0 Å². The van der Waals surface area contributed by atoms with E-state index < -0.39 is 6.17 Å². The maximum atomic E-state index is 12.9. The van der Waals surface area contributed by atoms with E-state index in [1.807, 2.05) is 11.0 Å². The number of piperidine rings is 1. The fraction of sp³-hybridized carbons (Fsp3) is 0.455. The van der Waals surface area contributed by atoms with Crippen LogP contribution in [0.15, 0.2) is 24.3 Å². The van der Waals surface area contributed by atoms with Crippen molar-refractivity contribution in [2.24, 2.45) is 0 Å². The Morgan fingerprint density at radius 3 is 2.57 bits per heavy atom. The normalized spacial score (nSPS) is 18.6. The van der Waals surface area contributed by atoms with Gasteiger partial charge < -0.3 is 4.90 Å². The minimum absolute atomic E-state index is 0.232. The maximum Gasteiger partial charge on any atom is 0.125 e. The Hall–Kier alpha value is -1.12. The third kappa shape index (κ3) is 2.03. The lowest BCUT2D eigenvalue weighted by atomic mass is 10.1. The standard InChI is InChI=1S/C11H13F2N/c12-9-4-6-14(7-5-9)11-3-1-2-10(13)8-11/h1-3,8-9H,4-7H2. The molecule has 14 heavy (non-hydrogen) atoms. The van der Waals surface area contributed by atoms with E-state index >= 15 is 0 Å². The van der Waals surface area contributed by atoms with Crippen LogP contribution < -0.4 is 4.90 Å². The van der Waals surface area contributed by atoms with Crippen LogP contribution in [0.2, 0.25) is 0 Å². The first-order chi connectivity index (χ1) is 6.75. The Kier molecular flexibility index (Phi) is 2.66. The summed E-state index contributed by atoms with van der Waals surface area (Å²) in [6.45, 7) is 1.37. The van der Waals surface area contributed by atoms with Crippen molar-refractivity contribution in [1.82, 2.24) is 0 Å². The highest BCUT2D eigenvalue weighted by atomic mass is 19.1. The van der Waals surface area contributed by atoms with Crippen LogP contribution in [0.3, 0.4) is 0 Å². The summed E-state index contributed by atoms with van der Waals surface area (Å²) < 4.78 is 25.7. The van der Waals surface area contributed by atoms with Gasteiger partial charge >= 0.3 is 0 Å². The first kappa shape index (κ1) is 9.44. The zero-order valence-corrected chi connectivity index (χ0v) is 7.92. The Morgan fingerprint density at radius 1 is 1.21 bits per heavy atom. The SMILES string of the molecule is Fc1cccc(N2CCC(F)CC2)c1. The second-order valence-electron chi connectivity index (χ2n) is 3.64. The molecule has 1 fully saturated rings. The summed E-state index contributed by atoms with van der Waals surface area (Å²) in [7, 11) is 0. The summed E-state index contributed by atoms with van der Waals surface area (Å²) in [4.78, 5) is 2.03. The van der Waals surface area contributed by atoms with E-state index in [4.69, 9.17) is 0 Å². The van der Waals surface area contributed by atoms with Gasteiger partial charge in [0.15, 0.2) is 0 Å². The lowest BCUT2D eigenvalue weighted by Crippen LogP contribution is -2.34. The zero-order chi connectivity index (χ0) is 9.97. The van der Waals surface area contributed by atoms with Crippen LogP contribution in [0.5, 0.6) is 0 Å². The van der Waals surface area contributed by atoms with E-state index in [0.717, 1.165) is 5.69 Å². The molecule has 1 aromatic rings. The van der Waals surface area contributed by atoms with Crippen LogP contribution in [-0.4, -0.2) is 19.3 Å². The predicted octanol–water partition coefficient (Wildman–Crippen LogP) is 2.76. The number of hydrogen-bond acceptors (Lipinski definition) is 1. The van der Waals surface area contributed by atoms with Gasteiger partial charge in [-0.1, -0.05) is 6.07 Å². The van der Waals surface area contributed by atoms with Gasteiger partial charge in [0.1, 0.15) is 12.0 Å². The minimum atomic E-state index is -0.681. The average Bonchev–Trinajstić information content (AvgIpc) is 2.19. The molecule has 1 heterocycles. The van der Waals surface area contributed by atoms with Gasteiger partial charge in [-0.2, -0.15) is 0 Å². The molecule has 0 unspecified atom stereocenters. The predicted molar refractivity (Wildman–Crippen MR) is 52.7 cm³/mol. The topological polar surface area (TPSA) is 3.24 Å². The highest BCUT2D eigenvalue weighted by Crippen LogP contribution is 2.21. The van der Waals surface area contributed by atoms with Gasteiger partial charge in [0.05, 0.1) is 0 Å². The summed E-state index contributed by atoms with van der Waals surface area (Å²) >= 11 is 0. The van der Waals surface area contributed by atoms with Crippen molar-refractivity contribution in [2.75, 3.05) is 18.0 Å². The van der Waals surface area contributed by atoms with Crippen LogP contribution in [0, 0.1) is 5.82 Å². The van der Waals surface area contributed by atoms with Crippen LogP contribution >= 0.6 is 0 Å². The lowest BCUT2D eigenvalue weighted by molar-refractivity contribution is 0.277. The number of alkyl halides is 1. The smallest absolute Gasteiger partial charge is 0.125 e. The van der Waals surface area contributed by atoms with Gasteiger partial charge in [-0.15, -0.1) is 0 Å². The lowest BCUT2D eigenvalue weighted by Gasteiger charge is -2.30. The largest absolute Gasteiger partial charge is 0.371 e. The minimum Gasteiger partial charge on any atom is -0.371 e. The summed E-state index contributed by atoms with van der Waals surface area (Å²) in [5.41, 5.74) is 0.858. The molecule has 0 saturated carbocycles. The number of benzene rings is 1. The maximum absolute atomic E-state index is 12.9. The van der Waals surface area contributed by atoms with Crippen molar-refractivity contribution in [1.29, 1.82) is 0 Å². The molecular weight excluding hydrogens is 184 g/mol. The van der Waals surface area contributed by atoms with E-state index in [0.29, 0.717) is 25.9 Å². The zero-order valence-electron chi connectivity index (χ0n) is 7.92. The summed E-state index contributed by atoms with van der Waals surface area (Å²) in [6.07, 6.45) is 0.423. The fourth-order valence-electron chi connectivity index (χ4n) is 1.78. The van der Waals surface area contributed by atoms with Crippen molar-refractivity contribution >= 4 is 5.69 Å². The molecule has 2 rings (SSSR count). The molecule has 0 radical (unpaired) electrons. The number of hydrogen-bond donors (Lipinski definition) is 0. The second kappa shape index (κ2) is 3.95. The van der Waals surface area contributed by atoms with E-state index in [1.165, 1.54) is 12.1 Å². The molecule has 1 nitrogen and oxygen atoms in total. The summed E-state index contributed by atoms with van der Waals surface area (Å²) in [6, 6.07) is 6.47. The molecule has 76 valence electrons. The second-order valence-corrected chi connectivity index (χ2v) is 3.64. The van der Waals surface area contributed by atoms with Gasteiger partial charge in [0.25, 0.3) is 0 Å². The van der Waals surface area contributed by atoms with Crippen LogP contribution in [0.1, 0.15) is 12.8 Å². The Labute approximate surface area is 82.3 Å². The number of rotatable bonds is 1. The van der Waals surface area contributed by atoms with E-state index in [-0.39, 0.29) is 5.82 Å². The molecule has 1 aromatic carbocycles. The van der Waals surface area contributed by atoms with Crippen molar-refractivity contribution < 1.29 is 8.78 Å². The van der Waals surface area contributed by atoms with Crippen molar-refractivity contribution in [3.05, 3.63) is 30.1 Å².